The van der Waals surface area contributed by atoms with Crippen molar-refractivity contribution >= 4 is 22.8 Å². The molecule has 1 heterocycles. The summed E-state index contributed by atoms with van der Waals surface area (Å²) >= 11 is 0. The first kappa shape index (κ1) is 8.59. The highest BCUT2D eigenvalue weighted by molar-refractivity contribution is 5.86. The lowest BCUT2D eigenvalue weighted by Gasteiger charge is -1.95. The summed E-state index contributed by atoms with van der Waals surface area (Å²) in [5, 5.41) is 3.25. The second-order valence-corrected chi connectivity index (χ2v) is 4.18. The Labute approximate surface area is 87.5 Å². The summed E-state index contributed by atoms with van der Waals surface area (Å²) in [4.78, 5) is 4.32. The maximum Gasteiger partial charge on any atom is 0.295 e. The fourth-order valence-electron chi connectivity index (χ4n) is 1.71. The number of hydrogen-bond donors (Lipinski definition) is 2. The second kappa shape index (κ2) is 2.89. The molecule has 1 aliphatic carbocycles. The lowest BCUT2D eigenvalue weighted by atomic mass is 10.3. The van der Waals surface area contributed by atoms with Crippen molar-refractivity contribution < 1.29 is 4.42 Å². The van der Waals surface area contributed by atoms with Crippen molar-refractivity contribution in [2.45, 2.75) is 19.4 Å². The Hall–Kier alpha value is -1.71. The molecule has 2 aromatic rings. The molecule has 2 unspecified atom stereocenters. The van der Waals surface area contributed by atoms with Gasteiger partial charge in [-0.1, -0.05) is 13.0 Å². The van der Waals surface area contributed by atoms with E-state index in [1.165, 1.54) is 6.42 Å². The topological polar surface area (TPSA) is 64.1 Å². The molecular weight excluding hydrogens is 190 g/mol. The van der Waals surface area contributed by atoms with Gasteiger partial charge in [-0.2, -0.15) is 4.98 Å². The van der Waals surface area contributed by atoms with Gasteiger partial charge in [-0.3, -0.25) is 0 Å². The molecule has 0 bridgehead atoms. The van der Waals surface area contributed by atoms with Crippen molar-refractivity contribution in [1.29, 1.82) is 0 Å². The number of nitrogens with two attached hydrogens (primary N) is 1. The maximum atomic E-state index is 5.79. The Morgan fingerprint density at radius 2 is 2.33 bits per heavy atom. The molecule has 15 heavy (non-hydrogen) atoms. The quantitative estimate of drug-likeness (QED) is 0.734. The van der Waals surface area contributed by atoms with Crippen LogP contribution in [0.4, 0.5) is 11.7 Å². The average Bonchev–Trinajstić information content (AvgIpc) is 2.75. The van der Waals surface area contributed by atoms with E-state index in [2.05, 4.69) is 17.2 Å². The minimum Gasteiger partial charge on any atom is -0.423 e. The van der Waals surface area contributed by atoms with E-state index < -0.39 is 0 Å². The van der Waals surface area contributed by atoms with Crippen molar-refractivity contribution in [2.75, 3.05) is 11.1 Å². The van der Waals surface area contributed by atoms with Crippen LogP contribution in [0.25, 0.3) is 11.1 Å². The predicted molar refractivity (Wildman–Crippen MR) is 59.6 cm³/mol. The number of nitrogens with one attached hydrogen (secondary N) is 1. The van der Waals surface area contributed by atoms with E-state index in [1.807, 2.05) is 18.2 Å². The standard InChI is InChI=1S/C11H13N3O/c1-6-5-8(6)13-11-14-10-7(12)3-2-4-9(10)15-11/h2-4,6,8H,5,12H2,1H3,(H,13,14). The van der Waals surface area contributed by atoms with Crippen molar-refractivity contribution in [2.24, 2.45) is 5.92 Å². The Morgan fingerprint density at radius 3 is 3.00 bits per heavy atom. The number of aromatic nitrogens is 1. The Bertz CT molecular complexity index is 506. The van der Waals surface area contributed by atoms with Gasteiger partial charge in [0, 0.05) is 6.04 Å². The van der Waals surface area contributed by atoms with Crippen LogP contribution in [-0.2, 0) is 0 Å². The third-order valence-corrected chi connectivity index (χ3v) is 2.87. The number of hydrogen-bond acceptors (Lipinski definition) is 4. The number of para-hydroxylation sites is 1. The third kappa shape index (κ3) is 1.42. The number of benzene rings is 1. The molecule has 4 heteroatoms. The summed E-state index contributed by atoms with van der Waals surface area (Å²) < 4.78 is 5.55. The van der Waals surface area contributed by atoms with E-state index in [9.17, 15) is 0 Å². The Kier molecular flexibility index (Phi) is 1.65. The zero-order valence-corrected chi connectivity index (χ0v) is 8.53. The molecule has 3 rings (SSSR count). The summed E-state index contributed by atoms with van der Waals surface area (Å²) in [6, 6.07) is 6.66. The number of fused-ring (bicyclic) bond motifs is 1. The van der Waals surface area contributed by atoms with E-state index >= 15 is 0 Å². The first-order valence-electron chi connectivity index (χ1n) is 5.15. The molecule has 1 saturated carbocycles. The zero-order valence-electron chi connectivity index (χ0n) is 8.53. The fraction of sp³-hybridized carbons (Fsp3) is 0.364. The highest BCUT2D eigenvalue weighted by atomic mass is 16.4. The Morgan fingerprint density at radius 1 is 1.53 bits per heavy atom. The average molecular weight is 203 g/mol. The van der Waals surface area contributed by atoms with Crippen molar-refractivity contribution in [1.82, 2.24) is 4.98 Å². The minimum absolute atomic E-state index is 0.513. The zero-order chi connectivity index (χ0) is 10.4. The van der Waals surface area contributed by atoms with E-state index in [0.29, 0.717) is 17.7 Å². The normalized spacial score (nSPS) is 24.3. The van der Waals surface area contributed by atoms with Crippen LogP contribution in [0.5, 0.6) is 0 Å². The van der Waals surface area contributed by atoms with E-state index in [1.54, 1.807) is 0 Å². The van der Waals surface area contributed by atoms with Crippen molar-refractivity contribution in [3.05, 3.63) is 18.2 Å². The molecule has 78 valence electrons. The van der Waals surface area contributed by atoms with Crippen LogP contribution in [0.3, 0.4) is 0 Å². The molecule has 1 fully saturated rings. The molecule has 2 atom stereocenters. The van der Waals surface area contributed by atoms with Gasteiger partial charge in [-0.15, -0.1) is 0 Å². The van der Waals surface area contributed by atoms with Gasteiger partial charge >= 0.3 is 0 Å². The SMILES string of the molecule is CC1CC1Nc1nc2c(N)cccc2o1. The van der Waals surface area contributed by atoms with Crippen molar-refractivity contribution in [3.63, 3.8) is 0 Å². The second-order valence-electron chi connectivity index (χ2n) is 4.18. The molecule has 1 aromatic heterocycles. The molecule has 1 aromatic carbocycles. The van der Waals surface area contributed by atoms with E-state index in [-0.39, 0.29) is 0 Å². The molecule has 1 aliphatic rings. The predicted octanol–water partition coefficient (Wildman–Crippen LogP) is 2.23. The van der Waals surface area contributed by atoms with Gasteiger partial charge in [-0.05, 0) is 24.5 Å². The summed E-state index contributed by atoms with van der Waals surface area (Å²) in [7, 11) is 0. The molecule has 0 saturated heterocycles. The highest BCUT2D eigenvalue weighted by Gasteiger charge is 2.33. The smallest absolute Gasteiger partial charge is 0.295 e. The third-order valence-electron chi connectivity index (χ3n) is 2.87. The minimum atomic E-state index is 0.513. The number of nitrogens with zero attached hydrogens (tertiary/aromatic N) is 1. The Balaban J connectivity index is 1.96. The summed E-state index contributed by atoms with van der Waals surface area (Å²) in [6.07, 6.45) is 1.19. The van der Waals surface area contributed by atoms with Gasteiger partial charge in [0.2, 0.25) is 0 Å². The molecule has 0 amide bonds. The summed E-state index contributed by atoms with van der Waals surface area (Å²) in [5.74, 6) is 0.720. The largest absolute Gasteiger partial charge is 0.423 e. The van der Waals surface area contributed by atoms with Gasteiger partial charge in [0.1, 0.15) is 5.52 Å². The fourth-order valence-corrected chi connectivity index (χ4v) is 1.71. The van der Waals surface area contributed by atoms with Gasteiger partial charge in [-0.25, -0.2) is 0 Å². The first-order chi connectivity index (χ1) is 7.24. The molecule has 0 spiro atoms. The van der Waals surface area contributed by atoms with Crippen LogP contribution in [0.2, 0.25) is 0 Å². The van der Waals surface area contributed by atoms with Crippen LogP contribution < -0.4 is 11.1 Å². The van der Waals surface area contributed by atoms with Crippen LogP contribution >= 0.6 is 0 Å². The highest BCUT2D eigenvalue weighted by Crippen LogP contribution is 2.33. The first-order valence-corrected chi connectivity index (χ1v) is 5.15. The van der Waals surface area contributed by atoms with Gasteiger partial charge in [0.05, 0.1) is 5.69 Å². The lowest BCUT2D eigenvalue weighted by Crippen LogP contribution is -2.03. The van der Waals surface area contributed by atoms with Crippen LogP contribution in [0, 0.1) is 5.92 Å². The van der Waals surface area contributed by atoms with Gasteiger partial charge in [0.15, 0.2) is 5.58 Å². The van der Waals surface area contributed by atoms with Crippen LogP contribution in [0.1, 0.15) is 13.3 Å². The van der Waals surface area contributed by atoms with Crippen molar-refractivity contribution in [3.8, 4) is 0 Å². The van der Waals surface area contributed by atoms with Crippen LogP contribution in [0.15, 0.2) is 22.6 Å². The number of anilines is 2. The molecule has 4 nitrogen and oxygen atoms in total. The van der Waals surface area contributed by atoms with E-state index in [4.69, 9.17) is 10.2 Å². The summed E-state index contributed by atoms with van der Waals surface area (Å²) in [6.45, 7) is 2.20. The molecule has 0 radical (unpaired) electrons. The lowest BCUT2D eigenvalue weighted by molar-refractivity contribution is 0.612. The molecule has 3 N–H and O–H groups in total. The molecule has 0 aliphatic heterocycles. The molecular formula is C11H13N3O. The summed E-state index contributed by atoms with van der Waals surface area (Å²) in [5.41, 5.74) is 7.94. The van der Waals surface area contributed by atoms with Crippen LogP contribution in [-0.4, -0.2) is 11.0 Å². The number of nitrogen functional groups attached to an aromatic ring is 1. The van der Waals surface area contributed by atoms with Gasteiger partial charge < -0.3 is 15.5 Å². The monoisotopic (exact) mass is 203 g/mol. The number of oxazole rings is 1. The van der Waals surface area contributed by atoms with E-state index in [0.717, 1.165) is 17.0 Å². The maximum absolute atomic E-state index is 5.79. The number of rotatable bonds is 2. The van der Waals surface area contributed by atoms with Gasteiger partial charge in [0.25, 0.3) is 6.01 Å².